The van der Waals surface area contributed by atoms with E-state index in [1.807, 2.05) is 56.0 Å². The molecule has 2 aromatic rings. The van der Waals surface area contributed by atoms with Gasteiger partial charge in [0.2, 0.25) is 0 Å². The maximum absolute atomic E-state index is 13.0. The van der Waals surface area contributed by atoms with Crippen molar-refractivity contribution in [2.75, 3.05) is 0 Å². The number of benzene rings is 2. The summed E-state index contributed by atoms with van der Waals surface area (Å²) in [6, 6.07) is 17.3. The molecule has 0 saturated heterocycles. The molecule has 1 aliphatic rings. The molecular weight excluding hydrogens is 324 g/mol. The second-order valence-corrected chi connectivity index (χ2v) is 7.93. The first kappa shape index (κ1) is 18.2. The minimum Gasteiger partial charge on any atom is -0.347 e. The molecule has 0 heterocycles. The summed E-state index contributed by atoms with van der Waals surface area (Å²) in [4.78, 5) is 27.1. The van der Waals surface area contributed by atoms with E-state index in [9.17, 15) is 9.59 Å². The maximum atomic E-state index is 13.0. The first-order valence-corrected chi connectivity index (χ1v) is 9.11. The highest BCUT2D eigenvalue weighted by Crippen LogP contribution is 2.30. The van der Waals surface area contributed by atoms with Crippen LogP contribution in [0.15, 0.2) is 54.6 Å². The minimum absolute atomic E-state index is 0.0270. The van der Waals surface area contributed by atoms with E-state index in [2.05, 4.69) is 5.32 Å². The second kappa shape index (κ2) is 7.32. The van der Waals surface area contributed by atoms with Crippen LogP contribution in [0.5, 0.6) is 0 Å². The lowest BCUT2D eigenvalue weighted by atomic mass is 10.1. The second-order valence-electron chi connectivity index (χ2n) is 7.93. The van der Waals surface area contributed by atoms with Crippen LogP contribution >= 0.6 is 0 Å². The van der Waals surface area contributed by atoms with Gasteiger partial charge in [-0.2, -0.15) is 0 Å². The number of hydrogen-bond donors (Lipinski definition) is 1. The topological polar surface area (TPSA) is 49.4 Å². The van der Waals surface area contributed by atoms with Gasteiger partial charge < -0.3 is 10.2 Å². The van der Waals surface area contributed by atoms with Gasteiger partial charge in [0, 0.05) is 29.3 Å². The van der Waals surface area contributed by atoms with Crippen LogP contribution in [0.1, 0.15) is 59.9 Å². The molecule has 26 heavy (non-hydrogen) atoms. The molecule has 0 aliphatic heterocycles. The zero-order chi connectivity index (χ0) is 18.7. The van der Waals surface area contributed by atoms with Gasteiger partial charge in [0.1, 0.15) is 0 Å². The summed E-state index contributed by atoms with van der Waals surface area (Å²) in [5.41, 5.74) is 2.04. The summed E-state index contributed by atoms with van der Waals surface area (Å²) < 4.78 is 0. The summed E-state index contributed by atoms with van der Waals surface area (Å²) in [6.45, 7) is 6.45. The molecule has 1 N–H and O–H groups in total. The predicted octanol–water partition coefficient (Wildman–Crippen LogP) is 4.02. The normalized spacial score (nSPS) is 14.0. The molecule has 136 valence electrons. The third kappa shape index (κ3) is 4.72. The lowest BCUT2D eigenvalue weighted by Gasteiger charge is -2.23. The Kier molecular flexibility index (Phi) is 5.12. The van der Waals surface area contributed by atoms with Crippen molar-refractivity contribution in [3.63, 3.8) is 0 Å². The van der Waals surface area contributed by atoms with Crippen LogP contribution in [0, 0.1) is 0 Å². The molecule has 0 bridgehead atoms. The van der Waals surface area contributed by atoms with Crippen LogP contribution in [-0.4, -0.2) is 28.3 Å². The minimum atomic E-state index is -0.288. The van der Waals surface area contributed by atoms with Crippen molar-refractivity contribution < 1.29 is 9.59 Å². The Balaban J connectivity index is 1.72. The Morgan fingerprint density at radius 2 is 1.54 bits per heavy atom. The van der Waals surface area contributed by atoms with E-state index < -0.39 is 0 Å². The standard InChI is InChI=1S/C22H26N2O2/c1-22(2,3)23-20(25)17-9-11-18(12-10-17)21(26)24(19-13-14-19)15-16-7-5-4-6-8-16/h4-12,19H,13-15H2,1-3H3,(H,23,25). The molecule has 0 radical (unpaired) electrons. The van der Waals surface area contributed by atoms with Gasteiger partial charge in [-0.3, -0.25) is 9.59 Å². The SMILES string of the molecule is CC(C)(C)NC(=O)c1ccc(C(=O)N(Cc2ccccc2)C2CC2)cc1. The Morgan fingerprint density at radius 1 is 0.962 bits per heavy atom. The third-order valence-electron chi connectivity index (χ3n) is 4.33. The maximum Gasteiger partial charge on any atom is 0.254 e. The van der Waals surface area contributed by atoms with Crippen LogP contribution < -0.4 is 5.32 Å². The molecule has 0 atom stereocenters. The smallest absolute Gasteiger partial charge is 0.254 e. The quantitative estimate of drug-likeness (QED) is 0.885. The van der Waals surface area contributed by atoms with Crippen molar-refractivity contribution in [2.24, 2.45) is 0 Å². The molecule has 1 saturated carbocycles. The molecule has 0 aromatic heterocycles. The van der Waals surface area contributed by atoms with Gasteiger partial charge in [-0.05, 0) is 63.4 Å². The lowest BCUT2D eigenvalue weighted by Crippen LogP contribution is -2.40. The summed E-state index contributed by atoms with van der Waals surface area (Å²) in [6.07, 6.45) is 2.12. The fourth-order valence-corrected chi connectivity index (χ4v) is 2.88. The van der Waals surface area contributed by atoms with E-state index in [0.717, 1.165) is 18.4 Å². The van der Waals surface area contributed by atoms with E-state index in [4.69, 9.17) is 0 Å². The Labute approximate surface area is 155 Å². The molecule has 2 amide bonds. The molecule has 1 aliphatic carbocycles. The largest absolute Gasteiger partial charge is 0.347 e. The summed E-state index contributed by atoms with van der Waals surface area (Å²) in [5.74, 6) is -0.0982. The highest BCUT2D eigenvalue weighted by atomic mass is 16.2. The highest BCUT2D eigenvalue weighted by molar-refractivity contribution is 5.98. The fraction of sp³-hybridized carbons (Fsp3) is 0.364. The number of amides is 2. The van der Waals surface area contributed by atoms with E-state index >= 15 is 0 Å². The van der Waals surface area contributed by atoms with Gasteiger partial charge in [-0.1, -0.05) is 30.3 Å². The van der Waals surface area contributed by atoms with Gasteiger partial charge >= 0.3 is 0 Å². The Bertz CT molecular complexity index is 772. The first-order valence-electron chi connectivity index (χ1n) is 9.11. The Hall–Kier alpha value is -2.62. The highest BCUT2D eigenvalue weighted by Gasteiger charge is 2.33. The number of hydrogen-bond acceptors (Lipinski definition) is 2. The number of rotatable bonds is 5. The molecule has 2 aromatic carbocycles. The van der Waals surface area contributed by atoms with Gasteiger partial charge in [-0.25, -0.2) is 0 Å². The molecular formula is C22H26N2O2. The predicted molar refractivity (Wildman–Crippen MR) is 103 cm³/mol. The van der Waals surface area contributed by atoms with Crippen molar-refractivity contribution in [1.29, 1.82) is 0 Å². The van der Waals surface area contributed by atoms with Gasteiger partial charge in [-0.15, -0.1) is 0 Å². The molecule has 1 fully saturated rings. The number of carbonyl (C=O) groups is 2. The molecule has 4 heteroatoms. The lowest BCUT2D eigenvalue weighted by molar-refractivity contribution is 0.0729. The third-order valence-corrected chi connectivity index (χ3v) is 4.33. The van der Waals surface area contributed by atoms with E-state index in [0.29, 0.717) is 23.7 Å². The average molecular weight is 350 g/mol. The average Bonchev–Trinajstić information content (AvgIpc) is 3.43. The van der Waals surface area contributed by atoms with Crippen molar-refractivity contribution >= 4 is 11.8 Å². The summed E-state index contributed by atoms with van der Waals surface area (Å²) in [7, 11) is 0. The molecule has 0 spiro atoms. The number of nitrogens with one attached hydrogen (secondary N) is 1. The Morgan fingerprint density at radius 3 is 2.08 bits per heavy atom. The molecule has 4 nitrogen and oxygen atoms in total. The van der Waals surface area contributed by atoms with E-state index in [1.165, 1.54) is 0 Å². The van der Waals surface area contributed by atoms with Crippen molar-refractivity contribution in [1.82, 2.24) is 10.2 Å². The number of carbonyl (C=O) groups excluding carboxylic acids is 2. The monoisotopic (exact) mass is 350 g/mol. The van der Waals surface area contributed by atoms with Gasteiger partial charge in [0.15, 0.2) is 0 Å². The van der Waals surface area contributed by atoms with E-state index in [1.54, 1.807) is 24.3 Å². The van der Waals surface area contributed by atoms with Crippen molar-refractivity contribution in [2.45, 2.75) is 51.7 Å². The molecule has 3 rings (SSSR count). The van der Waals surface area contributed by atoms with E-state index in [-0.39, 0.29) is 17.4 Å². The van der Waals surface area contributed by atoms with Gasteiger partial charge in [0.25, 0.3) is 11.8 Å². The molecule has 0 unspecified atom stereocenters. The van der Waals surface area contributed by atoms with Crippen LogP contribution in [0.4, 0.5) is 0 Å². The summed E-state index contributed by atoms with van der Waals surface area (Å²) in [5, 5.41) is 2.93. The first-order chi connectivity index (χ1) is 12.3. The van der Waals surface area contributed by atoms with Gasteiger partial charge in [0.05, 0.1) is 0 Å². The number of nitrogens with zero attached hydrogens (tertiary/aromatic N) is 1. The summed E-state index contributed by atoms with van der Waals surface area (Å²) >= 11 is 0. The van der Waals surface area contributed by atoms with Crippen LogP contribution in [0.3, 0.4) is 0 Å². The fourth-order valence-electron chi connectivity index (χ4n) is 2.88. The van der Waals surface area contributed by atoms with Crippen LogP contribution in [0.25, 0.3) is 0 Å². The zero-order valence-electron chi connectivity index (χ0n) is 15.7. The van der Waals surface area contributed by atoms with Crippen molar-refractivity contribution in [3.05, 3.63) is 71.3 Å². The van der Waals surface area contributed by atoms with Crippen LogP contribution in [-0.2, 0) is 6.54 Å². The zero-order valence-corrected chi connectivity index (χ0v) is 15.7. The van der Waals surface area contributed by atoms with Crippen LogP contribution in [0.2, 0.25) is 0 Å². The van der Waals surface area contributed by atoms with Crippen molar-refractivity contribution in [3.8, 4) is 0 Å².